The van der Waals surface area contributed by atoms with Gasteiger partial charge in [0, 0.05) is 24.9 Å². The van der Waals surface area contributed by atoms with Gasteiger partial charge in [0.15, 0.2) is 5.82 Å². The Morgan fingerprint density at radius 2 is 1.90 bits per heavy atom. The van der Waals surface area contributed by atoms with Crippen LogP contribution >= 0.6 is 0 Å². The van der Waals surface area contributed by atoms with E-state index in [2.05, 4.69) is 30.0 Å². The fourth-order valence-corrected chi connectivity index (χ4v) is 4.41. The van der Waals surface area contributed by atoms with E-state index >= 15 is 0 Å². The number of aromatic hydroxyl groups is 1. The molecule has 1 fully saturated rings. The molecule has 1 aromatic heterocycles. The number of carbonyl (C=O) groups excluding carboxylic acids is 1. The fourth-order valence-electron chi connectivity index (χ4n) is 4.41. The number of phenols is 1. The van der Waals surface area contributed by atoms with Crippen LogP contribution in [-0.2, 0) is 4.79 Å². The van der Waals surface area contributed by atoms with Gasteiger partial charge in [-0.15, -0.1) is 0 Å². The van der Waals surface area contributed by atoms with Crippen LogP contribution in [0.3, 0.4) is 0 Å². The number of nitrogens with two attached hydrogens (primary N) is 1. The molecule has 2 heterocycles. The molecule has 31 heavy (non-hydrogen) atoms. The van der Waals surface area contributed by atoms with Crippen LogP contribution in [0, 0.1) is 12.8 Å². The molecule has 0 unspecified atom stereocenters. The Morgan fingerprint density at radius 3 is 2.65 bits per heavy atom. The lowest BCUT2D eigenvalue weighted by molar-refractivity contribution is -0.118. The molecule has 0 radical (unpaired) electrons. The van der Waals surface area contributed by atoms with Crippen LogP contribution in [0.2, 0.25) is 0 Å². The molecule has 0 atom stereocenters. The minimum absolute atomic E-state index is 0.190. The molecule has 6 heteroatoms. The molecular weight excluding hydrogens is 388 g/mol. The maximum absolute atomic E-state index is 10.9. The van der Waals surface area contributed by atoms with Crippen LogP contribution in [0.25, 0.3) is 22.3 Å². The number of amides is 1. The zero-order chi connectivity index (χ0) is 21.8. The van der Waals surface area contributed by atoms with Crippen molar-refractivity contribution in [2.75, 3.05) is 18.0 Å². The number of anilines is 1. The summed E-state index contributed by atoms with van der Waals surface area (Å²) in [5.74, 6) is 2.16. The molecule has 3 aromatic rings. The first-order valence-corrected chi connectivity index (χ1v) is 11.1. The quantitative estimate of drug-likeness (QED) is 0.548. The Morgan fingerprint density at radius 1 is 1.13 bits per heavy atom. The lowest BCUT2D eigenvalue weighted by atomic mass is 9.91. The topological polar surface area (TPSA) is 92.3 Å². The lowest BCUT2D eigenvalue weighted by Gasteiger charge is -2.33. The van der Waals surface area contributed by atoms with Crippen LogP contribution in [0.4, 0.5) is 5.82 Å². The number of fused-ring (bicyclic) bond motifs is 1. The number of hydrogen-bond donors (Lipinski definition) is 2. The highest BCUT2D eigenvalue weighted by atomic mass is 16.3. The summed E-state index contributed by atoms with van der Waals surface area (Å²) in [5, 5.41) is 11.4. The first kappa shape index (κ1) is 21.1. The van der Waals surface area contributed by atoms with Gasteiger partial charge in [-0.1, -0.05) is 31.0 Å². The summed E-state index contributed by atoms with van der Waals surface area (Å²) < 4.78 is 0. The van der Waals surface area contributed by atoms with Gasteiger partial charge in [0.2, 0.25) is 5.91 Å². The lowest BCUT2D eigenvalue weighted by Crippen LogP contribution is -2.34. The maximum atomic E-state index is 10.9. The van der Waals surface area contributed by atoms with Crippen LogP contribution in [0.15, 0.2) is 42.5 Å². The number of piperidine rings is 1. The highest BCUT2D eigenvalue weighted by molar-refractivity contribution is 5.92. The van der Waals surface area contributed by atoms with Crippen molar-refractivity contribution in [3.63, 3.8) is 0 Å². The van der Waals surface area contributed by atoms with E-state index in [9.17, 15) is 9.90 Å². The molecule has 1 aliphatic rings. The molecule has 162 valence electrons. The number of phenolic OH excluding ortho intramolecular Hbond substituents is 1. The average Bonchev–Trinajstić information content (AvgIpc) is 2.76. The summed E-state index contributed by atoms with van der Waals surface area (Å²) >= 11 is 0. The number of aromatic nitrogens is 2. The van der Waals surface area contributed by atoms with Gasteiger partial charge < -0.3 is 15.7 Å². The highest BCUT2D eigenvalue weighted by Crippen LogP contribution is 2.34. The van der Waals surface area contributed by atoms with Gasteiger partial charge in [0.25, 0.3) is 0 Å². The van der Waals surface area contributed by atoms with Gasteiger partial charge >= 0.3 is 0 Å². The first-order chi connectivity index (χ1) is 15.0. The third-order valence-corrected chi connectivity index (χ3v) is 6.18. The van der Waals surface area contributed by atoms with Gasteiger partial charge in [0.1, 0.15) is 11.6 Å². The van der Waals surface area contributed by atoms with Crippen molar-refractivity contribution in [1.29, 1.82) is 0 Å². The molecule has 0 aliphatic carbocycles. The average molecular weight is 419 g/mol. The van der Waals surface area contributed by atoms with Gasteiger partial charge in [-0.25, -0.2) is 9.97 Å². The van der Waals surface area contributed by atoms with Gasteiger partial charge in [-0.3, -0.25) is 4.79 Å². The summed E-state index contributed by atoms with van der Waals surface area (Å²) in [5.41, 5.74) is 7.94. The molecule has 0 spiro atoms. The zero-order valence-corrected chi connectivity index (χ0v) is 18.1. The number of benzene rings is 2. The van der Waals surface area contributed by atoms with Gasteiger partial charge in [-0.2, -0.15) is 0 Å². The van der Waals surface area contributed by atoms with E-state index < -0.39 is 0 Å². The van der Waals surface area contributed by atoms with E-state index in [-0.39, 0.29) is 11.7 Å². The highest BCUT2D eigenvalue weighted by Gasteiger charge is 2.23. The number of primary amides is 1. The Balaban J connectivity index is 1.56. The third kappa shape index (κ3) is 4.95. The van der Waals surface area contributed by atoms with Crippen molar-refractivity contribution in [3.8, 4) is 17.1 Å². The SMILES string of the molecule is Cc1ccc2c(N3CCC(CCCCC(N)=O)CC3)nc(-c3ccccc3O)nc2c1. The van der Waals surface area contributed by atoms with E-state index in [0.29, 0.717) is 23.7 Å². The van der Waals surface area contributed by atoms with E-state index in [1.807, 2.05) is 12.1 Å². The number of para-hydroxylation sites is 1. The summed E-state index contributed by atoms with van der Waals surface area (Å²) in [6.07, 6.45) is 5.80. The number of unbranched alkanes of at least 4 members (excludes halogenated alkanes) is 1. The number of aryl methyl sites for hydroxylation is 1. The standard InChI is InChI=1S/C25H30N4O2/c1-17-10-11-19-21(16-17)27-24(20-7-3-4-8-22(20)30)28-25(19)29-14-12-18(13-15-29)6-2-5-9-23(26)31/h3-4,7-8,10-11,16,18,30H,2,5-6,9,12-15H2,1H3,(H2,26,31). The molecule has 0 bridgehead atoms. The molecule has 3 N–H and O–H groups in total. The van der Waals surface area contributed by atoms with Gasteiger partial charge in [0.05, 0.1) is 11.1 Å². The molecule has 4 rings (SSSR count). The molecule has 1 aliphatic heterocycles. The number of rotatable bonds is 7. The normalized spacial score (nSPS) is 14.8. The van der Waals surface area contributed by atoms with E-state index in [1.165, 1.54) is 0 Å². The summed E-state index contributed by atoms with van der Waals surface area (Å²) in [6.45, 7) is 3.95. The van der Waals surface area contributed by atoms with E-state index in [1.54, 1.807) is 12.1 Å². The fraction of sp³-hybridized carbons (Fsp3) is 0.400. The van der Waals surface area contributed by atoms with Crippen molar-refractivity contribution in [2.24, 2.45) is 11.7 Å². The number of carbonyl (C=O) groups is 1. The molecule has 1 amide bonds. The molecule has 0 saturated carbocycles. The van der Waals surface area contributed by atoms with Crippen molar-refractivity contribution < 1.29 is 9.90 Å². The Kier molecular flexibility index (Phi) is 6.35. The molecular formula is C25H30N4O2. The first-order valence-electron chi connectivity index (χ1n) is 11.1. The summed E-state index contributed by atoms with van der Waals surface area (Å²) in [6, 6.07) is 13.5. The van der Waals surface area contributed by atoms with Crippen molar-refractivity contribution in [1.82, 2.24) is 9.97 Å². The van der Waals surface area contributed by atoms with Crippen molar-refractivity contribution in [2.45, 2.75) is 45.4 Å². The largest absolute Gasteiger partial charge is 0.507 e. The summed E-state index contributed by atoms with van der Waals surface area (Å²) in [4.78, 5) is 22.9. The maximum Gasteiger partial charge on any atom is 0.217 e. The smallest absolute Gasteiger partial charge is 0.217 e. The Labute approximate surface area is 183 Å². The Hall–Kier alpha value is -3.15. The van der Waals surface area contributed by atoms with Crippen LogP contribution in [0.5, 0.6) is 5.75 Å². The minimum atomic E-state index is -0.207. The molecule has 1 saturated heterocycles. The van der Waals surface area contributed by atoms with Crippen molar-refractivity contribution >= 4 is 22.6 Å². The second kappa shape index (κ2) is 9.33. The van der Waals surface area contributed by atoms with E-state index in [0.717, 1.165) is 67.5 Å². The van der Waals surface area contributed by atoms with E-state index in [4.69, 9.17) is 15.7 Å². The minimum Gasteiger partial charge on any atom is -0.507 e. The molecule has 2 aromatic carbocycles. The Bertz CT molecular complexity index is 1070. The van der Waals surface area contributed by atoms with Crippen LogP contribution < -0.4 is 10.6 Å². The number of nitrogens with zero attached hydrogens (tertiary/aromatic N) is 3. The second-order valence-corrected chi connectivity index (χ2v) is 8.55. The monoisotopic (exact) mass is 418 g/mol. The zero-order valence-electron chi connectivity index (χ0n) is 18.1. The van der Waals surface area contributed by atoms with Crippen LogP contribution in [0.1, 0.15) is 44.1 Å². The molecule has 6 nitrogen and oxygen atoms in total. The number of hydrogen-bond acceptors (Lipinski definition) is 5. The summed E-state index contributed by atoms with van der Waals surface area (Å²) in [7, 11) is 0. The van der Waals surface area contributed by atoms with Gasteiger partial charge in [-0.05, 0) is 61.9 Å². The second-order valence-electron chi connectivity index (χ2n) is 8.55. The predicted octanol–water partition coefficient (Wildman–Crippen LogP) is 4.57. The predicted molar refractivity (Wildman–Crippen MR) is 124 cm³/mol. The van der Waals surface area contributed by atoms with Crippen molar-refractivity contribution in [3.05, 3.63) is 48.0 Å². The third-order valence-electron chi connectivity index (χ3n) is 6.18. The van der Waals surface area contributed by atoms with Crippen LogP contribution in [-0.4, -0.2) is 34.1 Å².